The maximum atomic E-state index is 13.2. The molecule has 0 amide bonds. The summed E-state index contributed by atoms with van der Waals surface area (Å²) < 4.78 is 59.7. The Labute approximate surface area is 495 Å². The number of carbonyl (C=O) groups excluding carboxylic acids is 11. The van der Waals surface area contributed by atoms with Crippen LogP contribution >= 0.6 is 0 Å². The predicted molar refractivity (Wildman–Crippen MR) is 270 cm³/mol. The molecule has 3 rings (SSSR count). The molecule has 3 aromatic carbocycles. The summed E-state index contributed by atoms with van der Waals surface area (Å²) in [6, 6.07) is 14.6. The minimum absolute atomic E-state index is 0.125. The Balaban J connectivity index is 1.67. The summed E-state index contributed by atoms with van der Waals surface area (Å²) in [6.45, 7) is -7.44. The van der Waals surface area contributed by atoms with Gasteiger partial charge in [-0.1, -0.05) is 36.4 Å². The number of hydrogen-bond acceptors (Lipinski definition) is 37. The maximum absolute atomic E-state index is 13.2. The largest absolute Gasteiger partial charge is 0.463 e. The van der Waals surface area contributed by atoms with E-state index in [1.165, 1.54) is 36.4 Å². The van der Waals surface area contributed by atoms with Crippen molar-refractivity contribution < 1.29 is 166 Å². The average Bonchev–Trinajstić information content (AvgIpc) is 3.50. The van der Waals surface area contributed by atoms with Gasteiger partial charge in [0.2, 0.25) is 0 Å². The molecule has 0 spiro atoms. The molecule has 0 bridgehead atoms. The van der Waals surface area contributed by atoms with Gasteiger partial charge in [0.05, 0.1) is 68.7 Å². The van der Waals surface area contributed by atoms with E-state index in [4.69, 9.17) is 88.1 Å². The summed E-state index contributed by atoms with van der Waals surface area (Å²) in [4.78, 5) is 153. The van der Waals surface area contributed by atoms with E-state index in [1.54, 1.807) is 0 Å². The summed E-state index contributed by atoms with van der Waals surface area (Å²) >= 11 is 0. The van der Waals surface area contributed by atoms with Gasteiger partial charge < -0.3 is 67.1 Å². The second kappa shape index (κ2) is 40.6. The zero-order valence-electron chi connectivity index (χ0n) is 46.2. The smallest absolute Gasteiger partial charge is 0.349 e. The van der Waals surface area contributed by atoms with Gasteiger partial charge in [-0.25, -0.2) is 43.2 Å². The van der Waals surface area contributed by atoms with Crippen molar-refractivity contribution >= 4 is 65.7 Å². The molecular formula is C51H61N3O34. The van der Waals surface area contributed by atoms with Crippen LogP contribution in [0, 0.1) is 0 Å². The third-order valence-electron chi connectivity index (χ3n) is 10.4. The number of aliphatic hydroxyl groups is 2. The number of para-hydroxylation sites is 3. The van der Waals surface area contributed by atoms with E-state index in [0.717, 1.165) is 36.4 Å². The molecule has 0 radical (unpaired) electrons. The highest BCUT2D eigenvalue weighted by Crippen LogP contribution is 2.26. The molecule has 0 aliphatic rings. The van der Waals surface area contributed by atoms with Gasteiger partial charge in [0.25, 0.3) is 0 Å². The van der Waals surface area contributed by atoms with Crippen LogP contribution in [0.15, 0.2) is 72.8 Å². The number of unbranched alkanes of at least 4 members (excludes halogenated alkanes) is 3. The highest BCUT2D eigenvalue weighted by atomic mass is 17.1. The number of carbonyl (C=O) groups is 11. The van der Waals surface area contributed by atoms with Crippen molar-refractivity contribution in [1.82, 2.24) is 16.2 Å². The van der Waals surface area contributed by atoms with Crippen molar-refractivity contribution in [1.29, 1.82) is 0 Å². The van der Waals surface area contributed by atoms with Crippen molar-refractivity contribution in [3.05, 3.63) is 89.5 Å². The van der Waals surface area contributed by atoms with Crippen LogP contribution in [0.2, 0.25) is 0 Å². The zero-order valence-corrected chi connectivity index (χ0v) is 46.2. The molecule has 0 aliphatic carbocycles. The number of ether oxygens (including phenoxy) is 12. The van der Waals surface area contributed by atoms with Gasteiger partial charge in [-0.3, -0.25) is 55.3 Å². The molecule has 0 aliphatic heterocycles. The van der Waals surface area contributed by atoms with Crippen LogP contribution in [-0.4, -0.2) is 214 Å². The van der Waals surface area contributed by atoms with Gasteiger partial charge in [0, 0.05) is 0 Å². The Bertz CT molecular complexity index is 2650. The second-order valence-electron chi connectivity index (χ2n) is 17.1. The van der Waals surface area contributed by atoms with E-state index in [0.29, 0.717) is 0 Å². The molecule has 3 aromatic rings. The molecule has 88 heavy (non-hydrogen) atoms. The Kier molecular flexibility index (Phi) is 33.9. The van der Waals surface area contributed by atoms with Crippen LogP contribution in [0.25, 0.3) is 0 Å². The number of rotatable bonds is 42. The molecule has 1 atom stereocenters. The van der Waals surface area contributed by atoms with Crippen LogP contribution in [0.3, 0.4) is 0 Å². The summed E-state index contributed by atoms with van der Waals surface area (Å²) in [7, 11) is 0. The number of benzene rings is 3. The number of aliphatic hydroxyl groups excluding tert-OH is 1. The molecule has 0 heterocycles. The lowest BCUT2D eigenvalue weighted by molar-refractivity contribution is -0.492. The third-order valence-corrected chi connectivity index (χ3v) is 10.4. The zero-order chi connectivity index (χ0) is 64.9. The molecule has 8 N–H and O–H groups in total. The summed E-state index contributed by atoms with van der Waals surface area (Å²) in [5.41, 5.74) is -4.42. The van der Waals surface area contributed by atoms with Gasteiger partial charge in [0.1, 0.15) is 46.1 Å². The first-order valence-corrected chi connectivity index (χ1v) is 25.6. The molecular weight excluding hydrogens is 1200 g/mol. The topological polar surface area (TPSA) is 498 Å². The van der Waals surface area contributed by atoms with Crippen molar-refractivity contribution in [2.45, 2.75) is 63.3 Å². The lowest BCUT2D eigenvalue weighted by Gasteiger charge is -2.30. The first-order chi connectivity index (χ1) is 42.0. The Morgan fingerprint density at radius 2 is 0.625 bits per heavy atom. The first-order valence-electron chi connectivity index (χ1n) is 25.6. The van der Waals surface area contributed by atoms with Crippen molar-refractivity contribution in [3.63, 3.8) is 0 Å². The molecule has 0 aromatic heterocycles. The molecule has 37 heteroatoms. The molecule has 0 saturated heterocycles. The highest BCUT2D eigenvalue weighted by molar-refractivity contribution is 5.96. The summed E-state index contributed by atoms with van der Waals surface area (Å²) in [6.07, 6.45) is -4.31. The lowest BCUT2D eigenvalue weighted by atomic mass is 9.94. The van der Waals surface area contributed by atoms with E-state index in [1.807, 2.05) is 0 Å². The molecule has 0 fully saturated rings. The molecule has 37 nitrogen and oxygen atoms in total. The minimum Gasteiger partial charge on any atom is -0.463 e. The second-order valence-corrected chi connectivity index (χ2v) is 17.1. The number of hydrogen-bond donors (Lipinski definition) is 8. The van der Waals surface area contributed by atoms with Crippen LogP contribution in [0.4, 0.5) is 0 Å². The van der Waals surface area contributed by atoms with Gasteiger partial charge in [0.15, 0.2) is 39.3 Å². The summed E-state index contributed by atoms with van der Waals surface area (Å²) in [5.74, 6) is -15.2. The Morgan fingerprint density at radius 1 is 0.352 bits per heavy atom. The molecule has 0 saturated carbocycles. The van der Waals surface area contributed by atoms with Gasteiger partial charge in [-0.05, 0) is 74.9 Å². The van der Waals surface area contributed by atoms with E-state index >= 15 is 0 Å². The van der Waals surface area contributed by atoms with Crippen molar-refractivity contribution in [2.75, 3.05) is 79.3 Å². The number of esters is 11. The minimum atomic E-state index is -3.19. The highest BCUT2D eigenvalue weighted by Gasteiger charge is 2.43. The van der Waals surface area contributed by atoms with Gasteiger partial charge >= 0.3 is 65.7 Å². The van der Waals surface area contributed by atoms with E-state index in [9.17, 15) is 63.0 Å². The fourth-order valence-corrected chi connectivity index (χ4v) is 6.39. The van der Waals surface area contributed by atoms with E-state index in [-0.39, 0.29) is 78.2 Å². The predicted octanol–water partition coefficient (Wildman–Crippen LogP) is 0.213. The van der Waals surface area contributed by atoms with Crippen molar-refractivity contribution in [2.24, 2.45) is 0 Å². The van der Waals surface area contributed by atoms with Crippen molar-refractivity contribution in [3.8, 4) is 17.2 Å². The van der Waals surface area contributed by atoms with Crippen LogP contribution < -0.4 is 14.2 Å². The van der Waals surface area contributed by atoms with E-state index in [2.05, 4.69) is 14.5 Å². The fraction of sp³-hybridized carbons (Fsp3) is 0.431. The molecule has 484 valence electrons. The van der Waals surface area contributed by atoms with Gasteiger partial charge in [-0.2, -0.15) is 0 Å². The average molecular weight is 1260 g/mol. The Morgan fingerprint density at radius 3 is 0.932 bits per heavy atom. The van der Waals surface area contributed by atoms with Gasteiger partial charge in [-0.15, -0.1) is 0 Å². The standard InChI is InChI=1S/C51H61N3O34/c55-39(77-30-44(60)86-36-16-4-1-13-33(36)47(63)79-27-41(57)74-19-7-10-22-83-52(68)69)25-51(67,50(66)82-32-46(62)88-38-18-6-3-15-35(38)49(65)81-29-43(59)76-21-9-12-24-85-54(72)73)26-40(56)78-31-45(61)87-37-17-5-2-14-34(37)48(64)80-28-42(58)75-20-8-11-23-84-53(70)71/h1-6,13-18,50,66-73H,7-12,19-32H2. The van der Waals surface area contributed by atoms with Crippen LogP contribution in [0.5, 0.6) is 17.2 Å². The number of nitrogens with zero attached hydrogens (tertiary/aromatic N) is 3. The third kappa shape index (κ3) is 30.5. The normalized spacial score (nSPS) is 11.4. The maximum Gasteiger partial charge on any atom is 0.349 e. The van der Waals surface area contributed by atoms with Crippen LogP contribution in [-0.2, 0) is 95.5 Å². The van der Waals surface area contributed by atoms with E-state index < -0.39 is 180 Å². The first kappa shape index (κ1) is 73.5. The quantitative estimate of drug-likeness (QED) is 0.00938. The SMILES string of the molecule is O=C(COC(=O)c1ccccc1OC(=O)COC(=O)CC(O)(CC(=O)OCC(=O)Oc1ccccc1C(=O)OCC(=O)OCCCCON(O)O)C(O)OCC(=O)Oc1ccccc1C(=O)OCC(=O)OCCCCON(O)O)OCCCCON(O)O. The monoisotopic (exact) mass is 1260 g/mol. The fourth-order valence-electron chi connectivity index (χ4n) is 6.39. The lowest BCUT2D eigenvalue weighted by Crippen LogP contribution is -2.49. The summed E-state index contributed by atoms with van der Waals surface area (Å²) in [5, 5.41) is 72.4. The van der Waals surface area contributed by atoms with Crippen LogP contribution in [0.1, 0.15) is 82.4 Å². The Hall–Kier alpha value is -8.77. The molecule has 1 unspecified atom stereocenters.